The fourth-order valence-corrected chi connectivity index (χ4v) is 5.62. The van der Waals surface area contributed by atoms with Gasteiger partial charge in [0, 0.05) is 32.3 Å². The van der Waals surface area contributed by atoms with Crippen LogP contribution in [-0.4, -0.2) is 54.7 Å². The summed E-state index contributed by atoms with van der Waals surface area (Å²) in [6.07, 6.45) is -1.48. The summed E-state index contributed by atoms with van der Waals surface area (Å²) in [4.78, 5) is 18.2. The smallest absolute Gasteiger partial charge is 0.337 e. The first-order valence-corrected chi connectivity index (χ1v) is 11.9. The van der Waals surface area contributed by atoms with Gasteiger partial charge in [0.05, 0.1) is 20.7 Å². The third-order valence-electron chi connectivity index (χ3n) is 5.05. The van der Waals surface area contributed by atoms with Gasteiger partial charge in [-0.05, 0) is 42.5 Å². The normalized spacial score (nSPS) is 16.2. The van der Waals surface area contributed by atoms with E-state index in [1.165, 1.54) is 26.6 Å². The van der Waals surface area contributed by atoms with Gasteiger partial charge in [0.1, 0.15) is 5.01 Å². The summed E-state index contributed by atoms with van der Waals surface area (Å²) < 4.78 is 65.8. The van der Waals surface area contributed by atoms with Crippen molar-refractivity contribution in [3.63, 3.8) is 0 Å². The molecule has 11 heteroatoms. The number of carbonyl (C=O) groups is 1. The van der Waals surface area contributed by atoms with Crippen LogP contribution in [0.2, 0.25) is 0 Å². The Morgan fingerprint density at radius 3 is 2.28 bits per heavy atom. The maximum atomic E-state index is 12.7. The molecule has 4 rings (SSSR count). The Balaban J connectivity index is 1.38. The molecule has 2 aromatic carbocycles. The number of carbonyl (C=O) groups excluding carboxylic acids is 1. The van der Waals surface area contributed by atoms with Crippen molar-refractivity contribution in [2.24, 2.45) is 0 Å². The van der Waals surface area contributed by atoms with Crippen molar-refractivity contribution in [2.45, 2.75) is 11.1 Å². The van der Waals surface area contributed by atoms with Gasteiger partial charge in [0.15, 0.2) is 0 Å². The van der Waals surface area contributed by atoms with Crippen LogP contribution in [0, 0.1) is 0 Å². The molecule has 1 fully saturated rings. The van der Waals surface area contributed by atoms with Crippen molar-refractivity contribution in [3.8, 4) is 0 Å². The lowest BCUT2D eigenvalue weighted by molar-refractivity contribution is -0.137. The number of nitrogens with zero attached hydrogens (tertiary/aromatic N) is 3. The number of thiazole rings is 1. The zero-order valence-corrected chi connectivity index (χ0v) is 18.3. The fourth-order valence-electron chi connectivity index (χ4n) is 3.32. The predicted octanol–water partition coefficient (Wildman–Crippen LogP) is 3.86. The Morgan fingerprint density at radius 2 is 1.66 bits per heavy atom. The zero-order chi connectivity index (χ0) is 22.9. The third kappa shape index (κ3) is 4.69. The average molecular weight is 482 g/mol. The summed E-state index contributed by atoms with van der Waals surface area (Å²) in [7, 11) is -3.94. The molecule has 0 bridgehead atoms. The van der Waals surface area contributed by atoms with Crippen molar-refractivity contribution in [3.05, 3.63) is 65.2 Å². The molecule has 168 valence electrons. The first kappa shape index (κ1) is 22.4. The summed E-state index contributed by atoms with van der Waals surface area (Å²) in [5.74, 6) is -0.254. The number of sulfonamides is 1. The number of alkyl halides is 3. The molecule has 0 atom stereocenters. The molecule has 1 aliphatic rings. The molecule has 0 aliphatic carbocycles. The molecule has 3 aromatic rings. The van der Waals surface area contributed by atoms with E-state index in [-0.39, 0.29) is 37.0 Å². The number of halogens is 3. The second-order valence-corrected chi connectivity index (χ2v) is 10.1. The summed E-state index contributed by atoms with van der Waals surface area (Å²) >= 11 is 1.46. The maximum absolute atomic E-state index is 12.7. The number of amides is 1. The quantitative estimate of drug-likeness (QED) is 0.531. The van der Waals surface area contributed by atoms with Gasteiger partial charge in [-0.1, -0.05) is 12.1 Å². The van der Waals surface area contributed by atoms with Crippen LogP contribution in [-0.2, 0) is 21.0 Å². The second kappa shape index (κ2) is 8.64. The van der Waals surface area contributed by atoms with Gasteiger partial charge in [0.2, 0.25) is 15.9 Å². The van der Waals surface area contributed by atoms with E-state index >= 15 is 0 Å². The van der Waals surface area contributed by atoms with Gasteiger partial charge >= 0.3 is 6.18 Å². The molecule has 0 unspecified atom stereocenters. The number of hydrogen-bond donors (Lipinski definition) is 0. The van der Waals surface area contributed by atoms with E-state index in [0.717, 1.165) is 34.5 Å². The van der Waals surface area contributed by atoms with Crippen LogP contribution >= 0.6 is 11.3 Å². The van der Waals surface area contributed by atoms with Gasteiger partial charge in [-0.25, -0.2) is 13.4 Å². The lowest BCUT2D eigenvalue weighted by atomic mass is 10.2. The molecule has 32 heavy (non-hydrogen) atoms. The molecule has 2 heterocycles. The van der Waals surface area contributed by atoms with Crippen LogP contribution in [0.1, 0.15) is 10.6 Å². The van der Waals surface area contributed by atoms with Gasteiger partial charge < -0.3 is 4.90 Å². The molecule has 1 amide bonds. The molecular formula is C21H18F3N3O3S2. The van der Waals surface area contributed by atoms with Gasteiger partial charge in [-0.2, -0.15) is 17.5 Å². The highest BCUT2D eigenvalue weighted by Gasteiger charge is 2.33. The summed E-state index contributed by atoms with van der Waals surface area (Å²) in [5.41, 5.74) is -0.0570. The predicted molar refractivity (Wildman–Crippen MR) is 115 cm³/mol. The maximum Gasteiger partial charge on any atom is 0.416 e. The van der Waals surface area contributed by atoms with E-state index in [1.54, 1.807) is 6.08 Å². The van der Waals surface area contributed by atoms with Crippen molar-refractivity contribution in [1.29, 1.82) is 0 Å². The van der Waals surface area contributed by atoms with Gasteiger partial charge in [-0.3, -0.25) is 4.79 Å². The molecule has 1 aliphatic heterocycles. The van der Waals surface area contributed by atoms with E-state index < -0.39 is 21.8 Å². The van der Waals surface area contributed by atoms with E-state index in [4.69, 9.17) is 0 Å². The van der Waals surface area contributed by atoms with Crippen LogP contribution in [0.15, 0.2) is 59.5 Å². The number of para-hydroxylation sites is 1. The Bertz CT molecular complexity index is 1230. The first-order valence-electron chi connectivity index (χ1n) is 9.64. The largest absolute Gasteiger partial charge is 0.416 e. The number of benzene rings is 2. The van der Waals surface area contributed by atoms with E-state index in [0.29, 0.717) is 5.01 Å². The molecule has 1 saturated heterocycles. The topological polar surface area (TPSA) is 70.6 Å². The molecular weight excluding hydrogens is 463 g/mol. The van der Waals surface area contributed by atoms with Gasteiger partial charge in [0.25, 0.3) is 0 Å². The zero-order valence-electron chi connectivity index (χ0n) is 16.6. The lowest BCUT2D eigenvalue weighted by Gasteiger charge is -2.33. The SMILES string of the molecule is O=C(/C=C/c1nc2ccccc2s1)N1CCN(S(=O)(=O)c2ccc(C(F)(F)F)cc2)CC1. The molecule has 0 N–H and O–H groups in total. The first-order chi connectivity index (χ1) is 15.1. The van der Waals surface area contributed by atoms with Crippen molar-refractivity contribution in [2.75, 3.05) is 26.2 Å². The van der Waals surface area contributed by atoms with Crippen molar-refractivity contribution < 1.29 is 26.4 Å². The highest BCUT2D eigenvalue weighted by Crippen LogP contribution is 2.30. The monoisotopic (exact) mass is 481 g/mol. The summed E-state index contributed by atoms with van der Waals surface area (Å²) in [6.45, 7) is 0.486. The molecule has 6 nitrogen and oxygen atoms in total. The average Bonchev–Trinajstić information content (AvgIpc) is 3.20. The summed E-state index contributed by atoms with van der Waals surface area (Å²) in [6, 6.07) is 11.0. The van der Waals surface area contributed by atoms with E-state index in [9.17, 15) is 26.4 Å². The molecule has 0 saturated carbocycles. The van der Waals surface area contributed by atoms with Crippen molar-refractivity contribution >= 4 is 43.6 Å². The number of piperazine rings is 1. The highest BCUT2D eigenvalue weighted by atomic mass is 32.2. The molecule has 0 radical (unpaired) electrons. The standard InChI is InChI=1S/C21H18F3N3O3S2/c22-21(23,24)15-5-7-16(8-6-15)32(29,30)27-13-11-26(12-14-27)20(28)10-9-19-25-17-3-1-2-4-18(17)31-19/h1-10H,11-14H2/b10-9+. The van der Waals surface area contributed by atoms with Crippen LogP contribution in [0.4, 0.5) is 13.2 Å². The highest BCUT2D eigenvalue weighted by molar-refractivity contribution is 7.89. The van der Waals surface area contributed by atoms with Gasteiger partial charge in [-0.15, -0.1) is 11.3 Å². The number of aromatic nitrogens is 1. The van der Waals surface area contributed by atoms with E-state index in [2.05, 4.69) is 4.98 Å². The number of fused-ring (bicyclic) bond motifs is 1. The minimum Gasteiger partial charge on any atom is -0.337 e. The Hall–Kier alpha value is -2.76. The Morgan fingerprint density at radius 1 is 1.00 bits per heavy atom. The fraction of sp³-hybridized carbons (Fsp3) is 0.238. The molecule has 1 aromatic heterocycles. The van der Waals surface area contributed by atoms with Crippen LogP contribution in [0.5, 0.6) is 0 Å². The van der Waals surface area contributed by atoms with E-state index in [1.807, 2.05) is 24.3 Å². The third-order valence-corrected chi connectivity index (χ3v) is 7.96. The lowest BCUT2D eigenvalue weighted by Crippen LogP contribution is -2.50. The van der Waals surface area contributed by atoms with Crippen molar-refractivity contribution in [1.82, 2.24) is 14.2 Å². The summed E-state index contributed by atoms with van der Waals surface area (Å²) in [5, 5.41) is 0.697. The Labute approximate surface area is 186 Å². The Kier molecular flexibility index (Phi) is 6.06. The van der Waals surface area contributed by atoms with Crippen LogP contribution in [0.3, 0.4) is 0 Å². The van der Waals surface area contributed by atoms with Crippen LogP contribution < -0.4 is 0 Å². The van der Waals surface area contributed by atoms with Crippen LogP contribution in [0.25, 0.3) is 16.3 Å². The second-order valence-electron chi connectivity index (χ2n) is 7.10. The number of hydrogen-bond acceptors (Lipinski definition) is 5. The minimum atomic E-state index is -4.53. The molecule has 0 spiro atoms. The minimum absolute atomic E-state index is 0.0596. The number of rotatable bonds is 4.